The first-order valence-corrected chi connectivity index (χ1v) is 6.86. The van der Waals surface area contributed by atoms with E-state index in [2.05, 4.69) is 0 Å². The van der Waals surface area contributed by atoms with Gasteiger partial charge in [0.1, 0.15) is 11.6 Å². The third-order valence-corrected chi connectivity index (χ3v) is 3.42. The van der Waals surface area contributed by atoms with Crippen LogP contribution in [0, 0.1) is 11.6 Å². The predicted octanol–water partition coefficient (Wildman–Crippen LogP) is 2.63. The van der Waals surface area contributed by atoms with Gasteiger partial charge in [-0.2, -0.15) is 0 Å². The molecule has 0 unspecified atom stereocenters. The number of carbonyl (C=O) groups is 1. The molecule has 1 N–H and O–H groups in total. The Hall–Kier alpha value is -1.33. The largest absolute Gasteiger partial charge is 0.395 e. The van der Waals surface area contributed by atoms with Gasteiger partial charge in [0, 0.05) is 18.7 Å². The maximum Gasteiger partial charge on any atom is 0.179 e. The fourth-order valence-electron chi connectivity index (χ4n) is 2.31. The van der Waals surface area contributed by atoms with E-state index in [4.69, 9.17) is 5.11 Å². The molecule has 3 nitrogen and oxygen atoms in total. The van der Waals surface area contributed by atoms with E-state index in [-0.39, 0.29) is 24.8 Å². The molecule has 0 amide bonds. The molecule has 1 aromatic carbocycles. The standard InChI is InChI=1S/C15H21F2NO2/c1-3-12(4-2)18(7-8-19)10-15(20)13-6-5-11(16)9-14(13)17/h5-6,9,12,19H,3-4,7-8,10H2,1-2H3. The highest BCUT2D eigenvalue weighted by molar-refractivity contribution is 5.97. The van der Waals surface area contributed by atoms with Gasteiger partial charge in [-0.15, -0.1) is 0 Å². The first-order chi connectivity index (χ1) is 9.53. The molecule has 1 aromatic rings. The van der Waals surface area contributed by atoms with Crippen molar-refractivity contribution in [3.63, 3.8) is 0 Å². The maximum absolute atomic E-state index is 13.6. The number of hydrogen-bond donors (Lipinski definition) is 1. The molecule has 0 bridgehead atoms. The Labute approximate surface area is 118 Å². The van der Waals surface area contributed by atoms with Gasteiger partial charge in [0.05, 0.1) is 18.7 Å². The zero-order chi connectivity index (χ0) is 15.1. The molecule has 1 rings (SSSR count). The molecule has 0 aliphatic carbocycles. The number of nitrogens with zero attached hydrogens (tertiary/aromatic N) is 1. The number of aliphatic hydroxyl groups excluding tert-OH is 1. The Kier molecular flexibility index (Phi) is 6.75. The van der Waals surface area contributed by atoms with E-state index in [1.54, 1.807) is 0 Å². The molecule has 0 aromatic heterocycles. The summed E-state index contributed by atoms with van der Waals surface area (Å²) in [7, 11) is 0. The van der Waals surface area contributed by atoms with Crippen LogP contribution in [0.5, 0.6) is 0 Å². The number of benzene rings is 1. The molecule has 112 valence electrons. The Balaban J connectivity index is 2.84. The van der Waals surface area contributed by atoms with Gasteiger partial charge < -0.3 is 5.11 Å². The minimum absolute atomic E-state index is 0.0233. The second-order valence-corrected chi connectivity index (χ2v) is 4.71. The highest BCUT2D eigenvalue weighted by atomic mass is 19.1. The SMILES string of the molecule is CCC(CC)N(CCO)CC(=O)c1ccc(F)cc1F. The van der Waals surface area contributed by atoms with Gasteiger partial charge in [-0.1, -0.05) is 13.8 Å². The second-order valence-electron chi connectivity index (χ2n) is 4.71. The van der Waals surface area contributed by atoms with Crippen LogP contribution in [0.25, 0.3) is 0 Å². The van der Waals surface area contributed by atoms with Crippen LogP contribution in [0.4, 0.5) is 8.78 Å². The molecule has 0 heterocycles. The molecule has 0 aliphatic heterocycles. The Bertz CT molecular complexity index is 447. The number of hydrogen-bond acceptors (Lipinski definition) is 3. The van der Waals surface area contributed by atoms with Crippen molar-refractivity contribution in [2.45, 2.75) is 32.7 Å². The van der Waals surface area contributed by atoms with Crippen molar-refractivity contribution in [1.29, 1.82) is 0 Å². The normalized spacial score (nSPS) is 11.3. The molecule has 0 aliphatic rings. The van der Waals surface area contributed by atoms with Crippen LogP contribution < -0.4 is 0 Å². The smallest absolute Gasteiger partial charge is 0.179 e. The van der Waals surface area contributed by atoms with Gasteiger partial charge >= 0.3 is 0 Å². The summed E-state index contributed by atoms with van der Waals surface area (Å²) in [5.74, 6) is -1.95. The highest BCUT2D eigenvalue weighted by Crippen LogP contribution is 2.14. The first kappa shape index (κ1) is 16.7. The molecule has 0 radical (unpaired) electrons. The molecule has 0 fully saturated rings. The van der Waals surface area contributed by atoms with Gasteiger partial charge in [0.25, 0.3) is 0 Å². The van der Waals surface area contributed by atoms with E-state index < -0.39 is 17.4 Å². The lowest BCUT2D eigenvalue weighted by Gasteiger charge is -2.29. The first-order valence-electron chi connectivity index (χ1n) is 6.86. The number of rotatable bonds is 8. The fraction of sp³-hybridized carbons (Fsp3) is 0.533. The van der Waals surface area contributed by atoms with Gasteiger partial charge in [-0.05, 0) is 25.0 Å². The molecule has 0 atom stereocenters. The van der Waals surface area contributed by atoms with Crippen LogP contribution in [-0.4, -0.2) is 41.5 Å². The van der Waals surface area contributed by atoms with Gasteiger partial charge in [-0.25, -0.2) is 8.78 Å². The number of ketones is 1. The topological polar surface area (TPSA) is 40.5 Å². The van der Waals surface area contributed by atoms with E-state index >= 15 is 0 Å². The zero-order valence-corrected chi connectivity index (χ0v) is 11.9. The van der Waals surface area contributed by atoms with Crippen LogP contribution in [0.3, 0.4) is 0 Å². The second kappa shape index (κ2) is 8.07. The molecule has 5 heteroatoms. The number of carbonyl (C=O) groups excluding carboxylic acids is 1. The average molecular weight is 285 g/mol. The number of halogens is 2. The minimum Gasteiger partial charge on any atom is -0.395 e. The van der Waals surface area contributed by atoms with Crippen LogP contribution in [-0.2, 0) is 0 Å². The van der Waals surface area contributed by atoms with E-state index in [0.29, 0.717) is 12.6 Å². The summed E-state index contributed by atoms with van der Waals surface area (Å²) in [5, 5.41) is 9.07. The van der Waals surface area contributed by atoms with Gasteiger partial charge in [0.15, 0.2) is 5.78 Å². The van der Waals surface area contributed by atoms with Crippen molar-refractivity contribution in [2.75, 3.05) is 19.7 Å². The van der Waals surface area contributed by atoms with Crippen molar-refractivity contribution in [1.82, 2.24) is 4.90 Å². The summed E-state index contributed by atoms with van der Waals surface area (Å²) >= 11 is 0. The fourth-order valence-corrected chi connectivity index (χ4v) is 2.31. The zero-order valence-electron chi connectivity index (χ0n) is 11.9. The molecule has 0 saturated carbocycles. The molecule has 0 saturated heterocycles. The summed E-state index contributed by atoms with van der Waals surface area (Å²) in [6.07, 6.45) is 1.69. The highest BCUT2D eigenvalue weighted by Gasteiger charge is 2.20. The Morgan fingerprint density at radius 3 is 2.45 bits per heavy atom. The van der Waals surface area contributed by atoms with Crippen LogP contribution in [0.2, 0.25) is 0 Å². The van der Waals surface area contributed by atoms with Crippen LogP contribution >= 0.6 is 0 Å². The van der Waals surface area contributed by atoms with Crippen molar-refractivity contribution in [2.24, 2.45) is 0 Å². The lowest BCUT2D eigenvalue weighted by atomic mass is 10.1. The van der Waals surface area contributed by atoms with Crippen molar-refractivity contribution < 1.29 is 18.7 Å². The lowest BCUT2D eigenvalue weighted by Crippen LogP contribution is -2.40. The molecule has 20 heavy (non-hydrogen) atoms. The molecular weight excluding hydrogens is 264 g/mol. The van der Waals surface area contributed by atoms with Crippen molar-refractivity contribution in [3.05, 3.63) is 35.4 Å². The lowest BCUT2D eigenvalue weighted by molar-refractivity contribution is 0.0846. The van der Waals surface area contributed by atoms with Crippen LogP contribution in [0.1, 0.15) is 37.0 Å². The van der Waals surface area contributed by atoms with Crippen molar-refractivity contribution in [3.8, 4) is 0 Å². The molecular formula is C15H21F2NO2. The number of aliphatic hydroxyl groups is 1. The maximum atomic E-state index is 13.6. The minimum atomic E-state index is -0.844. The summed E-state index contributed by atoms with van der Waals surface area (Å²) in [6, 6.07) is 3.11. The average Bonchev–Trinajstić information content (AvgIpc) is 2.40. The summed E-state index contributed by atoms with van der Waals surface area (Å²) in [6.45, 7) is 4.33. The monoisotopic (exact) mass is 285 g/mol. The van der Waals surface area contributed by atoms with Gasteiger partial charge in [-0.3, -0.25) is 9.69 Å². The van der Waals surface area contributed by atoms with E-state index in [1.807, 2.05) is 18.7 Å². The summed E-state index contributed by atoms with van der Waals surface area (Å²) in [5.41, 5.74) is -0.111. The van der Waals surface area contributed by atoms with E-state index in [9.17, 15) is 13.6 Å². The van der Waals surface area contributed by atoms with Gasteiger partial charge in [0.2, 0.25) is 0 Å². The van der Waals surface area contributed by atoms with Crippen LogP contribution in [0.15, 0.2) is 18.2 Å². The summed E-state index contributed by atoms with van der Waals surface area (Å²) < 4.78 is 26.4. The predicted molar refractivity (Wildman–Crippen MR) is 73.7 cm³/mol. The number of Topliss-reactive ketones (excluding diaryl/α,β-unsaturated/α-hetero) is 1. The van der Waals surface area contributed by atoms with Crippen molar-refractivity contribution >= 4 is 5.78 Å². The third kappa shape index (κ3) is 4.35. The van der Waals surface area contributed by atoms with E-state index in [1.165, 1.54) is 0 Å². The summed E-state index contributed by atoms with van der Waals surface area (Å²) in [4.78, 5) is 14.0. The van der Waals surface area contributed by atoms with E-state index in [0.717, 1.165) is 25.0 Å². The molecule has 0 spiro atoms. The third-order valence-electron chi connectivity index (χ3n) is 3.42. The quantitative estimate of drug-likeness (QED) is 0.746. The Morgan fingerprint density at radius 2 is 1.95 bits per heavy atom. The Morgan fingerprint density at radius 1 is 1.30 bits per heavy atom.